The molecule has 0 radical (unpaired) electrons. The van der Waals surface area contributed by atoms with Gasteiger partial charge in [-0.2, -0.15) is 0 Å². The number of hydrogen-bond acceptors (Lipinski definition) is 6. The molecule has 0 fully saturated rings. The molecule has 33 heavy (non-hydrogen) atoms. The number of fused-ring (bicyclic) bond motifs is 1. The van der Waals surface area contributed by atoms with Crippen molar-refractivity contribution in [2.45, 2.75) is 65.5 Å². The molecule has 0 aromatic heterocycles. The summed E-state index contributed by atoms with van der Waals surface area (Å²) in [6.07, 6.45) is 1.45. The molecule has 4 amide bonds. The Balaban J connectivity index is 1.83. The Labute approximate surface area is 199 Å². The van der Waals surface area contributed by atoms with Gasteiger partial charge in [-0.25, -0.2) is 4.79 Å². The minimum Gasteiger partial charge on any atom is -0.444 e. The molecule has 1 atom stereocenters. The average Bonchev–Trinajstić information content (AvgIpc) is 2.73. The molecule has 1 aromatic rings. The van der Waals surface area contributed by atoms with Crippen LogP contribution < -0.4 is 21.1 Å². The molecule has 3 N–H and O–H groups in total. The van der Waals surface area contributed by atoms with Crippen LogP contribution >= 0.6 is 11.8 Å². The molecule has 2 rings (SSSR count). The molecule has 0 spiro atoms. The first-order valence-corrected chi connectivity index (χ1v) is 12.0. The first-order chi connectivity index (χ1) is 15.5. The van der Waals surface area contributed by atoms with Gasteiger partial charge in [-0.1, -0.05) is 43.8 Å². The molecule has 1 heterocycles. The average molecular weight is 479 g/mol. The molecule has 0 unspecified atom stereocenters. The second-order valence-electron chi connectivity index (χ2n) is 9.30. The van der Waals surface area contributed by atoms with Crippen LogP contribution in [0.4, 0.5) is 15.3 Å². The summed E-state index contributed by atoms with van der Waals surface area (Å²) in [7, 11) is 0. The molecule has 0 aliphatic carbocycles. The van der Waals surface area contributed by atoms with Gasteiger partial charge in [-0.05, 0) is 57.6 Å². The van der Waals surface area contributed by atoms with Crippen molar-refractivity contribution in [3.8, 4) is 0 Å². The normalized spacial score (nSPS) is 14.2. The summed E-state index contributed by atoms with van der Waals surface area (Å²) >= 11 is 0.774. The van der Waals surface area contributed by atoms with Crippen LogP contribution in [0.5, 0.6) is 0 Å². The molecular weight excluding hydrogens is 444 g/mol. The van der Waals surface area contributed by atoms with Crippen LogP contribution in [0.15, 0.2) is 24.3 Å². The lowest BCUT2D eigenvalue weighted by atomic mass is 10.0. The third-order valence-corrected chi connectivity index (χ3v) is 5.50. The van der Waals surface area contributed by atoms with Crippen LogP contribution in [-0.4, -0.2) is 47.1 Å². The van der Waals surface area contributed by atoms with Crippen molar-refractivity contribution < 1.29 is 23.9 Å². The third kappa shape index (κ3) is 8.95. The standard InChI is InChI=1S/C23H34N4O5S/c1-15(2)13-17(24-21(30)32-23(3,4)5)20(29)25-26-22(31)33-14-19(28)27-12-8-10-16-9-6-7-11-18(16)27/h6-7,9,11,15,17H,8,10,12-14H2,1-5H3,(H,24,30)(H,25,29)(H,26,31)/t17-/m0/s1. The number of rotatable bonds is 6. The van der Waals surface area contributed by atoms with Crippen molar-refractivity contribution in [3.05, 3.63) is 29.8 Å². The summed E-state index contributed by atoms with van der Waals surface area (Å²) in [5.74, 6) is -0.676. The lowest BCUT2D eigenvalue weighted by molar-refractivity contribution is -0.124. The predicted octanol–water partition coefficient (Wildman–Crippen LogP) is 3.38. The van der Waals surface area contributed by atoms with E-state index in [0.717, 1.165) is 35.9 Å². The molecule has 0 saturated carbocycles. The number of ether oxygens (including phenoxy) is 1. The molecule has 182 valence electrons. The highest BCUT2D eigenvalue weighted by Crippen LogP contribution is 2.27. The Hall–Kier alpha value is -2.75. The number of anilines is 1. The molecule has 1 aliphatic rings. The van der Waals surface area contributed by atoms with Crippen LogP contribution in [0.25, 0.3) is 0 Å². The van der Waals surface area contributed by atoms with Crippen molar-refractivity contribution in [3.63, 3.8) is 0 Å². The Morgan fingerprint density at radius 1 is 1.12 bits per heavy atom. The van der Waals surface area contributed by atoms with Crippen molar-refractivity contribution in [2.75, 3.05) is 17.2 Å². The smallest absolute Gasteiger partial charge is 0.408 e. The SMILES string of the molecule is CC(C)C[C@H](NC(=O)OC(C)(C)C)C(=O)NNC(=O)SCC(=O)N1CCCc2ccccc21. The highest BCUT2D eigenvalue weighted by Gasteiger charge is 2.26. The summed E-state index contributed by atoms with van der Waals surface area (Å²) < 4.78 is 5.21. The lowest BCUT2D eigenvalue weighted by Gasteiger charge is -2.29. The molecule has 9 nitrogen and oxygen atoms in total. The minimum atomic E-state index is -0.878. The van der Waals surface area contributed by atoms with E-state index in [4.69, 9.17) is 4.74 Å². The van der Waals surface area contributed by atoms with Gasteiger partial charge in [0.15, 0.2) is 0 Å². The monoisotopic (exact) mass is 478 g/mol. The van der Waals surface area contributed by atoms with Crippen LogP contribution in [0.2, 0.25) is 0 Å². The molecule has 0 bridgehead atoms. The van der Waals surface area contributed by atoms with E-state index in [1.165, 1.54) is 0 Å². The van der Waals surface area contributed by atoms with E-state index in [1.807, 2.05) is 38.1 Å². The van der Waals surface area contributed by atoms with Gasteiger partial charge in [-0.15, -0.1) is 0 Å². The first kappa shape index (κ1) is 26.5. The highest BCUT2D eigenvalue weighted by atomic mass is 32.2. The Morgan fingerprint density at radius 3 is 2.48 bits per heavy atom. The largest absolute Gasteiger partial charge is 0.444 e. The van der Waals surface area contributed by atoms with E-state index >= 15 is 0 Å². The van der Waals surface area contributed by atoms with E-state index in [0.29, 0.717) is 13.0 Å². The second kappa shape index (κ2) is 11.9. The molecule has 1 aromatic carbocycles. The summed E-state index contributed by atoms with van der Waals surface area (Å²) in [6, 6.07) is 6.87. The van der Waals surface area contributed by atoms with Crippen LogP contribution in [0.1, 0.15) is 53.0 Å². The zero-order valence-corrected chi connectivity index (χ0v) is 20.7. The van der Waals surface area contributed by atoms with Gasteiger partial charge in [0, 0.05) is 12.2 Å². The van der Waals surface area contributed by atoms with E-state index in [9.17, 15) is 19.2 Å². The van der Waals surface area contributed by atoms with Crippen LogP contribution in [0.3, 0.4) is 0 Å². The fraction of sp³-hybridized carbons (Fsp3) is 0.565. The van der Waals surface area contributed by atoms with Gasteiger partial charge in [0.05, 0.1) is 5.75 Å². The van der Waals surface area contributed by atoms with E-state index in [1.54, 1.807) is 25.7 Å². The number of thioether (sulfide) groups is 1. The van der Waals surface area contributed by atoms with E-state index < -0.39 is 28.9 Å². The maximum atomic E-state index is 12.6. The second-order valence-corrected chi connectivity index (χ2v) is 10.2. The number of para-hydroxylation sites is 1. The Morgan fingerprint density at radius 2 is 1.82 bits per heavy atom. The number of benzene rings is 1. The molecule has 1 aliphatic heterocycles. The maximum Gasteiger partial charge on any atom is 0.408 e. The van der Waals surface area contributed by atoms with Gasteiger partial charge in [-0.3, -0.25) is 25.2 Å². The van der Waals surface area contributed by atoms with Crippen molar-refractivity contribution >= 4 is 40.6 Å². The van der Waals surface area contributed by atoms with E-state index in [-0.39, 0.29) is 17.6 Å². The number of alkyl carbamates (subject to hydrolysis) is 1. The summed E-state index contributed by atoms with van der Waals surface area (Å²) in [5.41, 5.74) is 5.92. The van der Waals surface area contributed by atoms with Gasteiger partial charge in [0.2, 0.25) is 5.91 Å². The number of amides is 4. The highest BCUT2D eigenvalue weighted by molar-refractivity contribution is 8.14. The third-order valence-electron chi connectivity index (χ3n) is 4.74. The summed E-state index contributed by atoms with van der Waals surface area (Å²) in [5, 5.41) is 1.97. The molecule has 10 heteroatoms. The fourth-order valence-corrected chi connectivity index (χ4v) is 3.92. The molecule has 0 saturated heterocycles. The lowest BCUT2D eigenvalue weighted by Crippen LogP contribution is -2.53. The minimum absolute atomic E-state index is 0.0539. The quantitative estimate of drug-likeness (QED) is 0.540. The van der Waals surface area contributed by atoms with Crippen molar-refractivity contribution in [2.24, 2.45) is 5.92 Å². The summed E-state index contributed by atoms with van der Waals surface area (Å²) in [4.78, 5) is 51.1. The summed E-state index contributed by atoms with van der Waals surface area (Å²) in [6.45, 7) is 9.62. The molecular formula is C23H34N4O5S. The van der Waals surface area contributed by atoms with E-state index in [2.05, 4.69) is 16.2 Å². The van der Waals surface area contributed by atoms with Crippen LogP contribution in [0, 0.1) is 5.92 Å². The van der Waals surface area contributed by atoms with Crippen molar-refractivity contribution in [1.29, 1.82) is 0 Å². The fourth-order valence-electron chi connectivity index (χ4n) is 3.39. The van der Waals surface area contributed by atoms with Crippen molar-refractivity contribution in [1.82, 2.24) is 16.2 Å². The number of hydrogen-bond donors (Lipinski definition) is 3. The van der Waals surface area contributed by atoms with Gasteiger partial charge in [0.25, 0.3) is 11.1 Å². The van der Waals surface area contributed by atoms with Gasteiger partial charge < -0.3 is 15.0 Å². The number of hydrazine groups is 1. The maximum absolute atomic E-state index is 12.6. The number of nitrogens with one attached hydrogen (secondary N) is 3. The van der Waals surface area contributed by atoms with Gasteiger partial charge in [0.1, 0.15) is 11.6 Å². The van der Waals surface area contributed by atoms with Gasteiger partial charge >= 0.3 is 6.09 Å². The Kier molecular flexibility index (Phi) is 9.57. The number of carbonyl (C=O) groups is 4. The number of aryl methyl sites for hydroxylation is 1. The Bertz CT molecular complexity index is 869. The number of nitrogens with zero attached hydrogens (tertiary/aromatic N) is 1. The number of carbonyl (C=O) groups excluding carboxylic acids is 4. The topological polar surface area (TPSA) is 117 Å². The zero-order chi connectivity index (χ0) is 24.6. The van der Waals surface area contributed by atoms with Crippen LogP contribution in [-0.2, 0) is 20.7 Å². The zero-order valence-electron chi connectivity index (χ0n) is 19.9. The predicted molar refractivity (Wildman–Crippen MR) is 129 cm³/mol. The first-order valence-electron chi connectivity index (χ1n) is 11.1.